The third kappa shape index (κ3) is 3.12. The van der Waals surface area contributed by atoms with Crippen LogP contribution in [0.15, 0.2) is 30.5 Å². The van der Waals surface area contributed by atoms with E-state index in [0.29, 0.717) is 5.82 Å². The fourth-order valence-electron chi connectivity index (χ4n) is 3.01. The standard InChI is InChI=1S/C17H11BF4N6/c1-8-25-26-17-24-16(13-5-11(20)6-23-15(13)28(8)17)27(7-14(21)22)12-3-9(18)2-10(19)4-12/h2-6,14H,7H2,1H3. The molecule has 140 valence electrons. The highest BCUT2D eigenvalue weighted by atomic mass is 19.3. The molecule has 0 fully saturated rings. The van der Waals surface area contributed by atoms with Gasteiger partial charge in [-0.1, -0.05) is 5.46 Å². The quantitative estimate of drug-likeness (QED) is 0.399. The topological polar surface area (TPSA) is 59.2 Å². The third-order valence-electron chi connectivity index (χ3n) is 4.09. The zero-order valence-corrected chi connectivity index (χ0v) is 14.4. The van der Waals surface area contributed by atoms with Crippen LogP contribution in [0.4, 0.5) is 29.1 Å². The summed E-state index contributed by atoms with van der Waals surface area (Å²) in [5, 5.41) is 7.94. The Labute approximate surface area is 157 Å². The van der Waals surface area contributed by atoms with Crippen LogP contribution in [0.1, 0.15) is 5.82 Å². The number of fused-ring (bicyclic) bond motifs is 3. The van der Waals surface area contributed by atoms with Gasteiger partial charge in [0.2, 0.25) is 0 Å². The predicted molar refractivity (Wildman–Crippen MR) is 95.6 cm³/mol. The van der Waals surface area contributed by atoms with E-state index < -0.39 is 24.6 Å². The number of anilines is 2. The molecule has 3 aromatic heterocycles. The van der Waals surface area contributed by atoms with Crippen molar-refractivity contribution in [1.29, 1.82) is 0 Å². The Bertz CT molecular complexity index is 1180. The first kappa shape index (κ1) is 18.1. The van der Waals surface area contributed by atoms with Crippen molar-refractivity contribution in [1.82, 2.24) is 24.6 Å². The zero-order chi connectivity index (χ0) is 20.0. The van der Waals surface area contributed by atoms with Crippen LogP contribution in [0.3, 0.4) is 0 Å². The second-order valence-corrected chi connectivity index (χ2v) is 6.09. The fraction of sp³-hybridized carbons (Fsp3) is 0.176. The molecule has 0 spiro atoms. The Morgan fingerprint density at radius 3 is 2.61 bits per heavy atom. The summed E-state index contributed by atoms with van der Waals surface area (Å²) in [6, 6.07) is 4.54. The molecule has 4 rings (SSSR count). The zero-order valence-electron chi connectivity index (χ0n) is 14.4. The van der Waals surface area contributed by atoms with Crippen LogP contribution in [0, 0.1) is 18.6 Å². The van der Waals surface area contributed by atoms with Gasteiger partial charge in [0.05, 0.1) is 18.1 Å². The summed E-state index contributed by atoms with van der Waals surface area (Å²) in [5.74, 6) is -0.929. The molecule has 0 N–H and O–H groups in total. The van der Waals surface area contributed by atoms with Gasteiger partial charge in [0.15, 0.2) is 5.65 Å². The highest BCUT2D eigenvalue weighted by Gasteiger charge is 2.23. The first-order valence-corrected chi connectivity index (χ1v) is 8.12. The van der Waals surface area contributed by atoms with Crippen molar-refractivity contribution >= 4 is 41.6 Å². The molecule has 0 amide bonds. The van der Waals surface area contributed by atoms with Gasteiger partial charge in [-0.15, -0.1) is 10.2 Å². The highest BCUT2D eigenvalue weighted by Crippen LogP contribution is 2.32. The molecule has 0 unspecified atom stereocenters. The van der Waals surface area contributed by atoms with Gasteiger partial charge >= 0.3 is 0 Å². The summed E-state index contributed by atoms with van der Waals surface area (Å²) >= 11 is 0. The number of nitrogens with zero attached hydrogens (tertiary/aromatic N) is 6. The van der Waals surface area contributed by atoms with E-state index in [0.717, 1.165) is 29.3 Å². The van der Waals surface area contributed by atoms with E-state index in [2.05, 4.69) is 20.2 Å². The van der Waals surface area contributed by atoms with Crippen molar-refractivity contribution < 1.29 is 17.6 Å². The number of rotatable bonds is 4. The van der Waals surface area contributed by atoms with Gasteiger partial charge in [-0.25, -0.2) is 26.9 Å². The average Bonchev–Trinajstić information content (AvgIpc) is 2.99. The molecular weight excluding hydrogens is 375 g/mol. The molecular formula is C17H11BF4N6. The minimum absolute atomic E-state index is 0.0384. The van der Waals surface area contributed by atoms with Crippen LogP contribution in [-0.2, 0) is 0 Å². The van der Waals surface area contributed by atoms with Crippen molar-refractivity contribution in [2.75, 3.05) is 11.4 Å². The van der Waals surface area contributed by atoms with Crippen molar-refractivity contribution in [2.24, 2.45) is 0 Å². The van der Waals surface area contributed by atoms with Gasteiger partial charge in [-0.05, 0) is 31.2 Å². The summed E-state index contributed by atoms with van der Waals surface area (Å²) in [7, 11) is 5.66. The van der Waals surface area contributed by atoms with Crippen LogP contribution < -0.4 is 10.4 Å². The predicted octanol–water partition coefficient (Wildman–Crippen LogP) is 2.46. The molecule has 0 aliphatic rings. The maximum Gasteiger partial charge on any atom is 0.258 e. The molecule has 0 bridgehead atoms. The third-order valence-corrected chi connectivity index (χ3v) is 4.09. The van der Waals surface area contributed by atoms with Crippen LogP contribution in [0.2, 0.25) is 0 Å². The van der Waals surface area contributed by atoms with E-state index in [1.807, 2.05) is 0 Å². The largest absolute Gasteiger partial charge is 0.320 e. The van der Waals surface area contributed by atoms with E-state index in [4.69, 9.17) is 7.85 Å². The molecule has 2 radical (unpaired) electrons. The minimum Gasteiger partial charge on any atom is -0.320 e. The highest BCUT2D eigenvalue weighted by molar-refractivity contribution is 6.32. The molecule has 1 aromatic carbocycles. The van der Waals surface area contributed by atoms with Crippen LogP contribution >= 0.6 is 0 Å². The molecule has 28 heavy (non-hydrogen) atoms. The molecule has 0 atom stereocenters. The van der Waals surface area contributed by atoms with Gasteiger partial charge in [0, 0.05) is 5.69 Å². The number of hydrogen-bond acceptors (Lipinski definition) is 5. The first-order valence-electron chi connectivity index (χ1n) is 8.12. The summed E-state index contributed by atoms with van der Waals surface area (Å²) in [6.07, 6.45) is -1.80. The molecule has 0 aliphatic carbocycles. The Kier molecular flexibility index (Phi) is 4.36. The lowest BCUT2D eigenvalue weighted by Crippen LogP contribution is -2.26. The van der Waals surface area contributed by atoms with Crippen LogP contribution in [0.5, 0.6) is 0 Å². The van der Waals surface area contributed by atoms with E-state index in [9.17, 15) is 17.6 Å². The van der Waals surface area contributed by atoms with Gasteiger partial charge in [0.25, 0.3) is 12.2 Å². The maximum absolute atomic E-state index is 13.9. The summed E-state index contributed by atoms with van der Waals surface area (Å²) in [6.45, 7) is 0.820. The lowest BCUT2D eigenvalue weighted by atomic mass is 9.95. The van der Waals surface area contributed by atoms with Crippen LogP contribution in [-0.4, -0.2) is 45.4 Å². The van der Waals surface area contributed by atoms with Crippen molar-refractivity contribution in [3.05, 3.63) is 47.9 Å². The number of pyridine rings is 1. The summed E-state index contributed by atoms with van der Waals surface area (Å²) in [5.41, 5.74) is 0.311. The molecule has 4 aromatic rings. The van der Waals surface area contributed by atoms with Gasteiger partial charge in [0.1, 0.15) is 31.1 Å². The Morgan fingerprint density at radius 1 is 1.11 bits per heavy atom. The van der Waals surface area contributed by atoms with E-state index >= 15 is 0 Å². The minimum atomic E-state index is -2.79. The number of hydrogen-bond donors (Lipinski definition) is 0. The molecule has 0 aliphatic heterocycles. The van der Waals surface area contributed by atoms with E-state index in [1.54, 1.807) is 6.92 Å². The molecule has 0 saturated carbocycles. The number of aryl methyl sites for hydroxylation is 1. The average molecular weight is 386 g/mol. The second-order valence-electron chi connectivity index (χ2n) is 6.09. The number of benzene rings is 1. The number of halogens is 4. The van der Waals surface area contributed by atoms with E-state index in [1.165, 1.54) is 10.5 Å². The molecule has 6 nitrogen and oxygen atoms in total. The van der Waals surface area contributed by atoms with Crippen molar-refractivity contribution in [3.63, 3.8) is 0 Å². The van der Waals surface area contributed by atoms with Crippen LogP contribution in [0.25, 0.3) is 16.8 Å². The van der Waals surface area contributed by atoms with Crippen molar-refractivity contribution in [2.45, 2.75) is 13.3 Å². The van der Waals surface area contributed by atoms with Gasteiger partial charge < -0.3 is 4.90 Å². The molecule has 11 heteroatoms. The SMILES string of the molecule is [B]c1cc(F)cc(N(CC(F)F)c2nc3nnc(C)n3c3ncc(F)cc23)c1. The first-order chi connectivity index (χ1) is 13.3. The van der Waals surface area contributed by atoms with Gasteiger partial charge in [-0.2, -0.15) is 4.98 Å². The second kappa shape index (κ2) is 6.73. The summed E-state index contributed by atoms with van der Waals surface area (Å²) < 4.78 is 55.9. The normalized spacial score (nSPS) is 11.6. The summed E-state index contributed by atoms with van der Waals surface area (Å²) in [4.78, 5) is 9.37. The lowest BCUT2D eigenvalue weighted by Gasteiger charge is -2.25. The monoisotopic (exact) mass is 386 g/mol. The van der Waals surface area contributed by atoms with E-state index in [-0.39, 0.29) is 33.8 Å². The Morgan fingerprint density at radius 2 is 1.89 bits per heavy atom. The smallest absolute Gasteiger partial charge is 0.258 e. The molecule has 3 heterocycles. The Balaban J connectivity index is 2.05. The fourth-order valence-corrected chi connectivity index (χ4v) is 3.01. The maximum atomic E-state index is 13.9. The molecule has 0 saturated heterocycles. The lowest BCUT2D eigenvalue weighted by molar-refractivity contribution is 0.158. The number of aromatic nitrogens is 5. The van der Waals surface area contributed by atoms with Gasteiger partial charge in [-0.3, -0.25) is 0 Å². The Hall–Kier alpha value is -3.24. The van der Waals surface area contributed by atoms with Crippen molar-refractivity contribution in [3.8, 4) is 0 Å². The number of alkyl halides is 2.